The molecule has 1 amide bonds. The molecule has 0 bridgehead atoms. The summed E-state index contributed by atoms with van der Waals surface area (Å²) in [5, 5.41) is 3.75. The van der Waals surface area contributed by atoms with Crippen LogP contribution in [-0.4, -0.2) is 34.2 Å². The molecule has 0 aliphatic rings. The topological polar surface area (TPSA) is 83.8 Å². The van der Waals surface area contributed by atoms with Gasteiger partial charge in [-0.15, -0.1) is 0 Å². The van der Waals surface area contributed by atoms with E-state index in [0.29, 0.717) is 5.75 Å². The van der Waals surface area contributed by atoms with E-state index in [9.17, 15) is 4.79 Å². The van der Waals surface area contributed by atoms with Crippen molar-refractivity contribution in [1.29, 1.82) is 0 Å². The van der Waals surface area contributed by atoms with Gasteiger partial charge < -0.3 is 16.0 Å². The number of nitrogens with zero attached hydrogens (tertiary/aromatic N) is 1. The minimum atomic E-state index is -0.737. The van der Waals surface area contributed by atoms with Crippen molar-refractivity contribution in [3.05, 3.63) is 23.8 Å². The van der Waals surface area contributed by atoms with E-state index in [1.54, 1.807) is 14.0 Å². The number of rotatable bonds is 5. The predicted molar refractivity (Wildman–Crippen MR) is 78.2 cm³/mol. The fourth-order valence-electron chi connectivity index (χ4n) is 1.65. The highest BCUT2D eigenvalue weighted by atomic mass is 32.2. The number of primary amides is 1. The lowest BCUT2D eigenvalue weighted by Crippen LogP contribution is -2.53. The maximum Gasteiger partial charge on any atom is 0.238 e. The number of likely N-dealkylation sites (N-methyl/N-ethyl adjacent to an activating group) is 1. The van der Waals surface area contributed by atoms with Crippen molar-refractivity contribution in [3.63, 3.8) is 0 Å². The van der Waals surface area contributed by atoms with Crippen LogP contribution >= 0.6 is 11.8 Å². The first-order valence-corrected chi connectivity index (χ1v) is 7.01. The van der Waals surface area contributed by atoms with Crippen molar-refractivity contribution >= 4 is 28.7 Å². The van der Waals surface area contributed by atoms with Crippen LogP contribution in [0.25, 0.3) is 11.0 Å². The van der Waals surface area contributed by atoms with Gasteiger partial charge in [-0.2, -0.15) is 0 Å². The third-order valence-corrected chi connectivity index (χ3v) is 4.40. The van der Waals surface area contributed by atoms with E-state index in [2.05, 4.69) is 21.4 Å². The van der Waals surface area contributed by atoms with Gasteiger partial charge in [-0.3, -0.25) is 4.79 Å². The van der Waals surface area contributed by atoms with Crippen LogP contribution in [-0.2, 0) is 4.79 Å². The van der Waals surface area contributed by atoms with Crippen LogP contribution in [0, 0.1) is 6.92 Å². The summed E-state index contributed by atoms with van der Waals surface area (Å²) in [6.45, 7) is 3.83. The number of nitrogens with two attached hydrogens (primary N) is 1. The number of fused-ring (bicyclic) bond motifs is 1. The number of nitrogens with one attached hydrogen (secondary N) is 2. The molecule has 4 N–H and O–H groups in total. The van der Waals surface area contributed by atoms with Crippen molar-refractivity contribution in [2.24, 2.45) is 5.73 Å². The van der Waals surface area contributed by atoms with Gasteiger partial charge >= 0.3 is 0 Å². The van der Waals surface area contributed by atoms with Crippen molar-refractivity contribution in [2.75, 3.05) is 12.8 Å². The first-order chi connectivity index (χ1) is 8.94. The molecule has 2 rings (SSSR count). The molecule has 0 radical (unpaired) electrons. The second-order valence-corrected chi connectivity index (χ2v) is 5.76. The Morgan fingerprint density at radius 2 is 2.32 bits per heavy atom. The zero-order chi connectivity index (χ0) is 14.0. The van der Waals surface area contributed by atoms with Gasteiger partial charge in [-0.25, -0.2) is 4.98 Å². The highest BCUT2D eigenvalue weighted by molar-refractivity contribution is 7.99. The normalized spacial score (nSPS) is 14.5. The summed E-state index contributed by atoms with van der Waals surface area (Å²) in [5.74, 6) is 0.159. The third-order valence-electron chi connectivity index (χ3n) is 3.21. The minimum Gasteiger partial charge on any atom is -0.368 e. The molecule has 1 unspecified atom stereocenters. The number of hydrogen-bond acceptors (Lipinski definition) is 4. The molecular formula is C13H18N4OS. The fraction of sp³-hybridized carbons (Fsp3) is 0.385. The third kappa shape index (κ3) is 2.90. The number of H-pyrrole nitrogens is 1. The molecule has 1 heterocycles. The van der Waals surface area contributed by atoms with E-state index in [0.717, 1.165) is 16.2 Å². The number of benzene rings is 1. The van der Waals surface area contributed by atoms with E-state index in [1.807, 2.05) is 19.1 Å². The summed E-state index contributed by atoms with van der Waals surface area (Å²) in [6, 6.07) is 6.06. The molecule has 0 saturated heterocycles. The molecule has 6 heteroatoms. The second-order valence-electron chi connectivity index (χ2n) is 4.80. The summed E-state index contributed by atoms with van der Waals surface area (Å²) in [6.07, 6.45) is 0. The quantitative estimate of drug-likeness (QED) is 0.722. The number of aromatic amines is 1. The van der Waals surface area contributed by atoms with Crippen LogP contribution in [0.5, 0.6) is 0 Å². The van der Waals surface area contributed by atoms with E-state index in [1.165, 1.54) is 17.3 Å². The summed E-state index contributed by atoms with van der Waals surface area (Å²) < 4.78 is 0. The number of imidazole rings is 1. The number of thioether (sulfide) groups is 1. The molecule has 0 aliphatic heterocycles. The van der Waals surface area contributed by atoms with Gasteiger partial charge in [-0.05, 0) is 38.6 Å². The number of hydrogen-bond donors (Lipinski definition) is 3. The molecule has 0 spiro atoms. The SMILES string of the molecule is CNC(C)(CSc1nc2ccc(C)cc2[nH]1)C(N)=O. The van der Waals surface area contributed by atoms with Gasteiger partial charge in [0.25, 0.3) is 0 Å². The molecule has 1 atom stereocenters. The van der Waals surface area contributed by atoms with E-state index in [4.69, 9.17) is 5.73 Å². The van der Waals surface area contributed by atoms with Crippen LogP contribution in [0.15, 0.2) is 23.4 Å². The number of aryl methyl sites for hydroxylation is 1. The van der Waals surface area contributed by atoms with Crippen molar-refractivity contribution in [3.8, 4) is 0 Å². The number of carbonyl (C=O) groups excluding carboxylic acids is 1. The molecule has 0 saturated carbocycles. The van der Waals surface area contributed by atoms with Gasteiger partial charge in [-0.1, -0.05) is 17.8 Å². The zero-order valence-corrected chi connectivity index (χ0v) is 12.1. The largest absolute Gasteiger partial charge is 0.368 e. The van der Waals surface area contributed by atoms with E-state index in [-0.39, 0.29) is 5.91 Å². The van der Waals surface area contributed by atoms with Crippen LogP contribution in [0.3, 0.4) is 0 Å². The lowest BCUT2D eigenvalue weighted by atomic mass is 10.1. The minimum absolute atomic E-state index is 0.366. The Labute approximate surface area is 116 Å². The molecule has 1 aromatic carbocycles. The Kier molecular flexibility index (Phi) is 3.82. The van der Waals surface area contributed by atoms with Gasteiger partial charge in [0.2, 0.25) is 5.91 Å². The first kappa shape index (κ1) is 13.9. The lowest BCUT2D eigenvalue weighted by molar-refractivity contribution is -0.122. The Balaban J connectivity index is 2.16. The maximum atomic E-state index is 11.4. The fourth-order valence-corrected chi connectivity index (χ4v) is 2.70. The summed E-state index contributed by atoms with van der Waals surface area (Å²) in [5.41, 5.74) is 7.78. The Bertz CT molecular complexity index is 610. The second kappa shape index (κ2) is 5.22. The van der Waals surface area contributed by atoms with E-state index < -0.39 is 5.54 Å². The average Bonchev–Trinajstić information content (AvgIpc) is 2.77. The maximum absolute atomic E-state index is 11.4. The average molecular weight is 278 g/mol. The monoisotopic (exact) mass is 278 g/mol. The van der Waals surface area contributed by atoms with Gasteiger partial charge in [0.1, 0.15) is 5.54 Å². The van der Waals surface area contributed by atoms with Gasteiger partial charge in [0.15, 0.2) is 5.16 Å². The first-order valence-electron chi connectivity index (χ1n) is 6.02. The van der Waals surface area contributed by atoms with Crippen LogP contribution in [0.2, 0.25) is 0 Å². The summed E-state index contributed by atoms with van der Waals surface area (Å²) >= 11 is 1.48. The van der Waals surface area contributed by atoms with Crippen molar-refractivity contribution < 1.29 is 4.79 Å². The molecule has 0 fully saturated rings. The number of amides is 1. The molecule has 1 aromatic heterocycles. The molecule has 0 aliphatic carbocycles. The zero-order valence-electron chi connectivity index (χ0n) is 11.3. The highest BCUT2D eigenvalue weighted by Crippen LogP contribution is 2.23. The highest BCUT2D eigenvalue weighted by Gasteiger charge is 2.29. The van der Waals surface area contributed by atoms with Gasteiger partial charge in [0.05, 0.1) is 11.0 Å². The summed E-state index contributed by atoms with van der Waals surface area (Å²) in [4.78, 5) is 19.1. The van der Waals surface area contributed by atoms with Crippen LogP contribution in [0.1, 0.15) is 12.5 Å². The van der Waals surface area contributed by atoms with E-state index >= 15 is 0 Å². The molecule has 19 heavy (non-hydrogen) atoms. The molecule has 5 nitrogen and oxygen atoms in total. The standard InChI is InChI=1S/C13H18N4OS/c1-8-4-5-9-10(6-8)17-12(16-9)19-7-13(2,15-3)11(14)18/h4-6,15H,7H2,1-3H3,(H2,14,18)(H,16,17). The Hall–Kier alpha value is -1.53. The number of aromatic nitrogens is 2. The summed E-state index contributed by atoms with van der Waals surface area (Å²) in [7, 11) is 1.73. The molecular weight excluding hydrogens is 260 g/mol. The predicted octanol–water partition coefficient (Wildman–Crippen LogP) is 1.43. The Morgan fingerprint density at radius 3 is 2.95 bits per heavy atom. The van der Waals surface area contributed by atoms with Crippen molar-refractivity contribution in [1.82, 2.24) is 15.3 Å². The molecule has 102 valence electrons. The Morgan fingerprint density at radius 1 is 1.58 bits per heavy atom. The number of carbonyl (C=O) groups is 1. The molecule has 2 aromatic rings. The lowest BCUT2D eigenvalue weighted by Gasteiger charge is -2.24. The van der Waals surface area contributed by atoms with Crippen LogP contribution in [0.4, 0.5) is 0 Å². The van der Waals surface area contributed by atoms with Crippen LogP contribution < -0.4 is 11.1 Å². The van der Waals surface area contributed by atoms with Gasteiger partial charge in [0, 0.05) is 5.75 Å². The van der Waals surface area contributed by atoms with Crippen molar-refractivity contribution in [2.45, 2.75) is 24.5 Å². The smallest absolute Gasteiger partial charge is 0.238 e.